The molecule has 24 heavy (non-hydrogen) atoms. The Hall–Kier alpha value is -2.81. The van der Waals surface area contributed by atoms with Gasteiger partial charge in [0, 0.05) is 24.4 Å². The molecule has 6 nitrogen and oxygen atoms in total. The van der Waals surface area contributed by atoms with Crippen LogP contribution in [-0.4, -0.2) is 23.2 Å². The number of benzene rings is 2. The third kappa shape index (κ3) is 3.25. The number of rotatable bonds is 4. The maximum absolute atomic E-state index is 13.2. The van der Waals surface area contributed by atoms with Crippen molar-refractivity contribution < 1.29 is 17.2 Å². The molecule has 1 aromatic heterocycles. The highest BCUT2D eigenvalue weighted by molar-refractivity contribution is 7.92. The molecule has 0 saturated heterocycles. The van der Waals surface area contributed by atoms with Crippen LogP contribution in [0.25, 0.3) is 11.4 Å². The highest BCUT2D eigenvalue weighted by Gasteiger charge is 2.17. The second-order valence-corrected chi connectivity index (χ2v) is 6.74. The zero-order valence-corrected chi connectivity index (χ0v) is 13.3. The topological polar surface area (TPSA) is 76.9 Å². The summed E-state index contributed by atoms with van der Waals surface area (Å²) in [6.07, 6.45) is 1.55. The van der Waals surface area contributed by atoms with E-state index in [-0.39, 0.29) is 5.69 Å². The van der Waals surface area contributed by atoms with Gasteiger partial charge in [-0.15, -0.1) is 10.2 Å². The molecule has 1 heterocycles. The third-order valence-corrected chi connectivity index (χ3v) is 4.61. The fourth-order valence-electron chi connectivity index (χ4n) is 2.13. The third-order valence-electron chi connectivity index (χ3n) is 3.25. The number of aromatic nitrogens is 3. The molecule has 1 N–H and O–H groups in total. The molecule has 0 aliphatic carbocycles. The maximum atomic E-state index is 13.2. The van der Waals surface area contributed by atoms with E-state index in [9.17, 15) is 17.2 Å². The first-order chi connectivity index (χ1) is 11.3. The first-order valence-electron chi connectivity index (χ1n) is 6.78. The van der Waals surface area contributed by atoms with Crippen LogP contribution in [0.2, 0.25) is 0 Å². The van der Waals surface area contributed by atoms with Crippen molar-refractivity contribution >= 4 is 15.7 Å². The van der Waals surface area contributed by atoms with Gasteiger partial charge in [0.2, 0.25) is 0 Å². The maximum Gasteiger partial charge on any atom is 0.262 e. The van der Waals surface area contributed by atoms with E-state index < -0.39 is 26.6 Å². The van der Waals surface area contributed by atoms with Gasteiger partial charge in [0.15, 0.2) is 5.82 Å². The molecule has 3 aromatic rings. The Balaban J connectivity index is 1.86. The van der Waals surface area contributed by atoms with Gasteiger partial charge in [0.1, 0.15) is 18.0 Å². The molecule has 0 saturated carbocycles. The lowest BCUT2D eigenvalue weighted by Crippen LogP contribution is -2.13. The summed E-state index contributed by atoms with van der Waals surface area (Å²) in [6, 6.07) is 8.48. The van der Waals surface area contributed by atoms with Crippen molar-refractivity contribution in [1.29, 1.82) is 0 Å². The van der Waals surface area contributed by atoms with Crippen LogP contribution in [0.15, 0.2) is 53.7 Å². The molecule has 0 unspecified atom stereocenters. The van der Waals surface area contributed by atoms with Crippen LogP contribution in [0.5, 0.6) is 0 Å². The predicted octanol–water partition coefficient (Wildman–Crippen LogP) is 2.56. The number of halogens is 2. The van der Waals surface area contributed by atoms with Gasteiger partial charge in [0.05, 0.1) is 4.90 Å². The van der Waals surface area contributed by atoms with Gasteiger partial charge in [-0.1, -0.05) is 0 Å². The number of nitrogens with one attached hydrogen (secondary N) is 1. The summed E-state index contributed by atoms with van der Waals surface area (Å²) in [5, 5.41) is 7.71. The van der Waals surface area contributed by atoms with E-state index in [0.29, 0.717) is 11.9 Å². The quantitative estimate of drug-likeness (QED) is 0.784. The Labute approximate surface area is 136 Å². The van der Waals surface area contributed by atoms with Gasteiger partial charge in [-0.05, 0) is 36.4 Å². The Morgan fingerprint density at radius 1 is 1.04 bits per heavy atom. The van der Waals surface area contributed by atoms with Crippen molar-refractivity contribution in [2.45, 2.75) is 4.90 Å². The lowest BCUT2D eigenvalue weighted by atomic mass is 10.2. The van der Waals surface area contributed by atoms with Gasteiger partial charge in [-0.25, -0.2) is 17.2 Å². The summed E-state index contributed by atoms with van der Waals surface area (Å²) < 4.78 is 54.8. The normalized spacial score (nSPS) is 11.5. The van der Waals surface area contributed by atoms with E-state index in [1.54, 1.807) is 30.1 Å². The minimum absolute atomic E-state index is 0.255. The number of nitrogens with zero attached hydrogens (tertiary/aromatic N) is 3. The molecule has 9 heteroatoms. The molecule has 0 amide bonds. The summed E-state index contributed by atoms with van der Waals surface area (Å²) in [6.45, 7) is 0. The molecule has 0 aliphatic heterocycles. The molecule has 0 radical (unpaired) electrons. The van der Waals surface area contributed by atoms with Gasteiger partial charge >= 0.3 is 0 Å². The van der Waals surface area contributed by atoms with Crippen LogP contribution in [-0.2, 0) is 17.1 Å². The van der Waals surface area contributed by atoms with Gasteiger partial charge in [-0.2, -0.15) is 0 Å². The lowest BCUT2D eigenvalue weighted by Gasteiger charge is -2.09. The van der Waals surface area contributed by atoms with Crippen molar-refractivity contribution in [3.05, 3.63) is 60.4 Å². The van der Waals surface area contributed by atoms with E-state index >= 15 is 0 Å². The van der Waals surface area contributed by atoms with E-state index in [2.05, 4.69) is 14.9 Å². The Morgan fingerprint density at radius 2 is 1.67 bits per heavy atom. The van der Waals surface area contributed by atoms with Gasteiger partial charge < -0.3 is 4.57 Å². The van der Waals surface area contributed by atoms with Crippen LogP contribution < -0.4 is 4.72 Å². The number of aryl methyl sites for hydroxylation is 1. The molecule has 2 aromatic carbocycles. The Kier molecular flexibility index (Phi) is 4.02. The number of sulfonamides is 1. The first kappa shape index (κ1) is 16.1. The fourth-order valence-corrected chi connectivity index (χ4v) is 3.23. The summed E-state index contributed by atoms with van der Waals surface area (Å²) in [7, 11) is -2.31. The van der Waals surface area contributed by atoms with Crippen molar-refractivity contribution in [1.82, 2.24) is 14.8 Å². The van der Waals surface area contributed by atoms with E-state index in [4.69, 9.17) is 0 Å². The predicted molar refractivity (Wildman–Crippen MR) is 83.6 cm³/mol. The molecular weight excluding hydrogens is 338 g/mol. The molecule has 0 fully saturated rings. The largest absolute Gasteiger partial charge is 0.317 e. The lowest BCUT2D eigenvalue weighted by molar-refractivity contribution is 0.568. The second-order valence-electron chi connectivity index (χ2n) is 5.05. The molecular formula is C15H12F2N4O2S. The monoisotopic (exact) mass is 350 g/mol. The first-order valence-corrected chi connectivity index (χ1v) is 8.27. The number of anilines is 1. The highest BCUT2D eigenvalue weighted by Crippen LogP contribution is 2.22. The van der Waals surface area contributed by atoms with E-state index in [0.717, 1.165) is 17.7 Å². The van der Waals surface area contributed by atoms with Crippen molar-refractivity contribution in [3.8, 4) is 11.4 Å². The summed E-state index contributed by atoms with van der Waals surface area (Å²) in [4.78, 5) is -0.489. The van der Waals surface area contributed by atoms with E-state index in [1.807, 2.05) is 0 Å². The Bertz CT molecular complexity index is 965. The fraction of sp³-hybridized carbons (Fsp3) is 0.0667. The SMILES string of the molecule is Cn1cnnc1-c1ccc(NS(=O)(=O)c2cc(F)cc(F)c2)cc1. The standard InChI is InChI=1S/C15H12F2N4O2S/c1-21-9-18-19-15(21)10-2-4-13(5-3-10)20-24(22,23)14-7-11(16)6-12(17)8-14/h2-9,20H,1H3. The molecule has 0 aliphatic rings. The molecule has 3 rings (SSSR count). The average molecular weight is 350 g/mol. The van der Waals surface area contributed by atoms with Crippen molar-refractivity contribution in [3.63, 3.8) is 0 Å². The smallest absolute Gasteiger partial charge is 0.262 e. The van der Waals surface area contributed by atoms with Crippen molar-refractivity contribution in [2.24, 2.45) is 7.05 Å². The van der Waals surface area contributed by atoms with Crippen LogP contribution in [0.3, 0.4) is 0 Å². The Morgan fingerprint density at radius 3 is 2.21 bits per heavy atom. The van der Waals surface area contributed by atoms with Crippen LogP contribution in [0.4, 0.5) is 14.5 Å². The molecule has 124 valence electrons. The minimum atomic E-state index is -4.10. The highest BCUT2D eigenvalue weighted by atomic mass is 32.2. The van der Waals surface area contributed by atoms with Crippen molar-refractivity contribution in [2.75, 3.05) is 4.72 Å². The molecule has 0 bridgehead atoms. The van der Waals surface area contributed by atoms with Crippen LogP contribution >= 0.6 is 0 Å². The minimum Gasteiger partial charge on any atom is -0.317 e. The second kappa shape index (κ2) is 6.00. The summed E-state index contributed by atoms with van der Waals surface area (Å²) in [5.74, 6) is -1.31. The molecule has 0 atom stereocenters. The number of hydrogen-bond donors (Lipinski definition) is 1. The zero-order valence-electron chi connectivity index (χ0n) is 12.4. The number of hydrogen-bond acceptors (Lipinski definition) is 4. The summed E-state index contributed by atoms with van der Waals surface area (Å²) >= 11 is 0. The average Bonchev–Trinajstić information content (AvgIpc) is 2.93. The van der Waals surface area contributed by atoms with Gasteiger partial charge in [0.25, 0.3) is 10.0 Å². The van der Waals surface area contributed by atoms with Crippen LogP contribution in [0.1, 0.15) is 0 Å². The zero-order chi connectivity index (χ0) is 17.3. The van der Waals surface area contributed by atoms with Crippen LogP contribution in [0, 0.1) is 11.6 Å². The molecule has 0 spiro atoms. The van der Waals surface area contributed by atoms with E-state index in [1.165, 1.54) is 12.1 Å². The van der Waals surface area contributed by atoms with Gasteiger partial charge in [-0.3, -0.25) is 4.72 Å². The summed E-state index contributed by atoms with van der Waals surface area (Å²) in [5.41, 5.74) is 1.00.